The summed E-state index contributed by atoms with van der Waals surface area (Å²) in [5.74, 6) is 0.0989. The Morgan fingerprint density at radius 3 is 2.56 bits per heavy atom. The van der Waals surface area contributed by atoms with E-state index < -0.39 is 0 Å². The molecule has 16 heavy (non-hydrogen) atoms. The van der Waals surface area contributed by atoms with E-state index in [0.29, 0.717) is 5.33 Å². The number of benzene rings is 1. The number of nitrogens with one attached hydrogen (secondary N) is 1. The third kappa shape index (κ3) is 2.22. The lowest BCUT2D eigenvalue weighted by Gasteiger charge is -1.98. The van der Waals surface area contributed by atoms with Crippen LogP contribution in [0.2, 0.25) is 0 Å². The molecule has 0 bridgehead atoms. The number of ketones is 1. The summed E-state index contributed by atoms with van der Waals surface area (Å²) in [4.78, 5) is 14.5. The van der Waals surface area contributed by atoms with Gasteiger partial charge in [0.2, 0.25) is 6.33 Å². The van der Waals surface area contributed by atoms with Gasteiger partial charge < -0.3 is 0 Å². The number of carbonyl (C=O) groups excluding carboxylic acids is 1. The summed E-state index contributed by atoms with van der Waals surface area (Å²) in [6.45, 7) is 2.00. The van der Waals surface area contributed by atoms with Crippen LogP contribution in [0.1, 0.15) is 16.1 Å². The van der Waals surface area contributed by atoms with E-state index in [1.165, 1.54) is 0 Å². The minimum atomic E-state index is 0.0989. The summed E-state index contributed by atoms with van der Waals surface area (Å²) in [5, 5.41) is 0.364. The van der Waals surface area contributed by atoms with Gasteiger partial charge in [-0.05, 0) is 24.3 Å². The Labute approximate surface area is 102 Å². The third-order valence-electron chi connectivity index (χ3n) is 2.37. The molecule has 1 aromatic heterocycles. The van der Waals surface area contributed by atoms with Crippen LogP contribution in [-0.4, -0.2) is 16.1 Å². The van der Waals surface area contributed by atoms with Gasteiger partial charge in [0.25, 0.3) is 0 Å². The standard InChI is InChI=1S/C12H11BrN2O/c1-9-7-15(8-14-9)11-4-2-10(3-5-11)12(16)6-13/h2-5,7-8H,6H2,1H3/p+1. The van der Waals surface area contributed by atoms with Gasteiger partial charge in [-0.1, -0.05) is 15.9 Å². The number of imidazole rings is 1. The Kier molecular flexibility index (Phi) is 3.19. The van der Waals surface area contributed by atoms with E-state index in [1.54, 1.807) is 0 Å². The summed E-state index contributed by atoms with van der Waals surface area (Å²) < 4.78 is 1.98. The quantitative estimate of drug-likeness (QED) is 0.522. The fourth-order valence-electron chi connectivity index (χ4n) is 1.50. The van der Waals surface area contributed by atoms with Gasteiger partial charge in [-0.15, -0.1) is 0 Å². The topological polar surface area (TPSA) is 36.7 Å². The second-order valence-corrected chi connectivity index (χ2v) is 4.16. The van der Waals surface area contributed by atoms with Crippen molar-refractivity contribution in [2.45, 2.75) is 6.92 Å². The first kappa shape index (κ1) is 11.1. The van der Waals surface area contributed by atoms with Crippen LogP contribution in [0.5, 0.6) is 0 Å². The Bertz CT molecular complexity index is 502. The minimum absolute atomic E-state index is 0.0989. The van der Waals surface area contributed by atoms with Crippen LogP contribution in [0.25, 0.3) is 5.69 Å². The summed E-state index contributed by atoms with van der Waals surface area (Å²) in [5.41, 5.74) is 2.87. The summed E-state index contributed by atoms with van der Waals surface area (Å²) in [7, 11) is 0. The molecule has 2 aromatic rings. The third-order valence-corrected chi connectivity index (χ3v) is 2.88. The number of Topliss-reactive ketones (excluding diaryl/α,β-unsaturated/α-hetero) is 1. The molecule has 82 valence electrons. The van der Waals surface area contributed by atoms with Crippen molar-refractivity contribution in [3.05, 3.63) is 48.0 Å². The maximum Gasteiger partial charge on any atom is 0.246 e. The molecule has 0 amide bonds. The molecular weight excluding hydrogens is 268 g/mol. The average molecular weight is 280 g/mol. The molecule has 0 radical (unpaired) electrons. The van der Waals surface area contributed by atoms with Crippen LogP contribution in [-0.2, 0) is 0 Å². The molecule has 1 aromatic carbocycles. The number of aryl methyl sites for hydroxylation is 1. The van der Waals surface area contributed by atoms with Gasteiger partial charge in [0, 0.05) is 12.5 Å². The Morgan fingerprint density at radius 1 is 1.38 bits per heavy atom. The second-order valence-electron chi connectivity index (χ2n) is 3.60. The number of rotatable bonds is 3. The van der Waals surface area contributed by atoms with Gasteiger partial charge in [0.05, 0.1) is 5.33 Å². The molecule has 0 fully saturated rings. The van der Waals surface area contributed by atoms with E-state index in [9.17, 15) is 4.79 Å². The highest BCUT2D eigenvalue weighted by Crippen LogP contribution is 2.06. The fraction of sp³-hybridized carbons (Fsp3) is 0.167. The lowest BCUT2D eigenvalue weighted by atomic mass is 10.1. The van der Waals surface area contributed by atoms with Crippen molar-refractivity contribution in [3.8, 4) is 5.69 Å². The molecule has 0 aliphatic carbocycles. The normalized spacial score (nSPS) is 10.4. The molecule has 0 unspecified atom stereocenters. The van der Waals surface area contributed by atoms with Gasteiger partial charge in [-0.3, -0.25) is 4.79 Å². The van der Waals surface area contributed by atoms with Crippen molar-refractivity contribution < 1.29 is 9.36 Å². The lowest BCUT2D eigenvalue weighted by Crippen LogP contribution is -2.26. The zero-order valence-corrected chi connectivity index (χ0v) is 10.5. The van der Waals surface area contributed by atoms with Gasteiger partial charge in [-0.25, -0.2) is 9.55 Å². The zero-order valence-electron chi connectivity index (χ0n) is 8.90. The largest absolute Gasteiger partial charge is 0.293 e. The summed E-state index contributed by atoms with van der Waals surface area (Å²) in [6.07, 6.45) is 3.89. The molecule has 0 saturated heterocycles. The number of aromatic amines is 1. The molecular formula is C12H12BrN2O+. The predicted molar refractivity (Wildman–Crippen MR) is 65.2 cm³/mol. The average Bonchev–Trinajstić information content (AvgIpc) is 2.75. The van der Waals surface area contributed by atoms with Crippen molar-refractivity contribution in [3.63, 3.8) is 0 Å². The van der Waals surface area contributed by atoms with E-state index >= 15 is 0 Å². The van der Waals surface area contributed by atoms with Crippen molar-refractivity contribution in [1.82, 2.24) is 4.98 Å². The first-order valence-electron chi connectivity index (χ1n) is 4.96. The molecule has 0 saturated carbocycles. The fourth-order valence-corrected chi connectivity index (χ4v) is 1.82. The summed E-state index contributed by atoms with van der Waals surface area (Å²) in [6, 6.07) is 7.55. The Morgan fingerprint density at radius 2 is 2.06 bits per heavy atom. The van der Waals surface area contributed by atoms with Crippen molar-refractivity contribution in [2.75, 3.05) is 5.33 Å². The minimum Gasteiger partial charge on any atom is -0.293 e. The molecule has 0 aliphatic rings. The number of halogens is 1. The van der Waals surface area contributed by atoms with E-state index in [-0.39, 0.29) is 5.78 Å². The summed E-state index contributed by atoms with van der Waals surface area (Å²) >= 11 is 3.16. The highest BCUT2D eigenvalue weighted by atomic mass is 79.9. The second kappa shape index (κ2) is 4.61. The van der Waals surface area contributed by atoms with Crippen LogP contribution in [0, 0.1) is 6.92 Å². The number of hydrogen-bond donors (Lipinski definition) is 1. The first-order valence-corrected chi connectivity index (χ1v) is 6.09. The van der Waals surface area contributed by atoms with Crippen LogP contribution >= 0.6 is 15.9 Å². The SMILES string of the molecule is Cc1c[n+](-c2ccc(C(=O)CBr)cc2)c[nH]1. The van der Waals surface area contributed by atoms with Crippen LogP contribution in [0.4, 0.5) is 0 Å². The van der Waals surface area contributed by atoms with Crippen LogP contribution < -0.4 is 4.57 Å². The van der Waals surface area contributed by atoms with E-state index in [0.717, 1.165) is 16.9 Å². The van der Waals surface area contributed by atoms with Crippen molar-refractivity contribution in [2.24, 2.45) is 0 Å². The molecule has 1 heterocycles. The smallest absolute Gasteiger partial charge is 0.246 e. The number of hydrogen-bond acceptors (Lipinski definition) is 1. The molecule has 1 N–H and O–H groups in total. The molecule has 2 rings (SSSR count). The Hall–Kier alpha value is -1.42. The molecule has 0 spiro atoms. The van der Waals surface area contributed by atoms with Gasteiger partial charge in [0.15, 0.2) is 5.78 Å². The number of carbonyl (C=O) groups is 1. The predicted octanol–water partition coefficient (Wildman–Crippen LogP) is 2.18. The molecule has 0 atom stereocenters. The number of alkyl halides is 1. The number of H-pyrrole nitrogens is 1. The number of nitrogens with zero attached hydrogens (tertiary/aromatic N) is 1. The maximum absolute atomic E-state index is 11.4. The zero-order chi connectivity index (χ0) is 11.5. The van der Waals surface area contributed by atoms with E-state index in [1.807, 2.05) is 48.3 Å². The van der Waals surface area contributed by atoms with Crippen LogP contribution in [0.15, 0.2) is 36.8 Å². The highest BCUT2D eigenvalue weighted by molar-refractivity contribution is 9.09. The van der Waals surface area contributed by atoms with Crippen molar-refractivity contribution in [1.29, 1.82) is 0 Å². The first-order chi connectivity index (χ1) is 7.70. The molecule has 3 nitrogen and oxygen atoms in total. The van der Waals surface area contributed by atoms with Crippen LogP contribution in [0.3, 0.4) is 0 Å². The lowest BCUT2D eigenvalue weighted by molar-refractivity contribution is -0.594. The maximum atomic E-state index is 11.4. The Balaban J connectivity index is 2.29. The molecule has 0 aliphatic heterocycles. The van der Waals surface area contributed by atoms with Gasteiger partial charge >= 0.3 is 0 Å². The van der Waals surface area contributed by atoms with Gasteiger partial charge in [-0.2, -0.15) is 0 Å². The monoisotopic (exact) mass is 279 g/mol. The van der Waals surface area contributed by atoms with E-state index in [2.05, 4.69) is 20.9 Å². The van der Waals surface area contributed by atoms with E-state index in [4.69, 9.17) is 0 Å². The number of aromatic nitrogens is 2. The highest BCUT2D eigenvalue weighted by Gasteiger charge is 2.07. The van der Waals surface area contributed by atoms with Crippen molar-refractivity contribution >= 4 is 21.7 Å². The molecule has 4 heteroatoms. The van der Waals surface area contributed by atoms with Gasteiger partial charge in [0.1, 0.15) is 17.6 Å².